The van der Waals surface area contributed by atoms with E-state index in [0.717, 1.165) is 11.3 Å². The maximum atomic E-state index is 12.8. The van der Waals surface area contributed by atoms with E-state index in [-0.39, 0.29) is 5.69 Å². The van der Waals surface area contributed by atoms with Gasteiger partial charge in [-0.3, -0.25) is 9.48 Å². The first-order valence-electron chi connectivity index (χ1n) is 8.31. The molecule has 1 amide bonds. The zero-order chi connectivity index (χ0) is 19.7. The van der Waals surface area contributed by atoms with Crippen molar-refractivity contribution in [2.24, 2.45) is 7.05 Å². The molecule has 2 heterocycles. The molecule has 27 heavy (non-hydrogen) atoms. The number of aliphatic carboxylic acids is 1. The van der Waals surface area contributed by atoms with Gasteiger partial charge in [-0.15, -0.1) is 5.10 Å². The zero-order valence-corrected chi connectivity index (χ0v) is 15.5. The van der Waals surface area contributed by atoms with E-state index in [1.54, 1.807) is 25.6 Å². The minimum atomic E-state index is -1.30. The maximum absolute atomic E-state index is 12.8. The van der Waals surface area contributed by atoms with Crippen LogP contribution in [0.25, 0.3) is 5.69 Å². The molecule has 9 nitrogen and oxygen atoms in total. The lowest BCUT2D eigenvalue weighted by atomic mass is 10.1. The second-order valence-electron chi connectivity index (χ2n) is 6.31. The SMILES string of the molecule is Cc1ccccc1-n1nc(C)c(C(=O)NC(C(=O)O)c2cn(C)nn2)c1C. The molecule has 0 fully saturated rings. The van der Waals surface area contributed by atoms with E-state index in [4.69, 9.17) is 0 Å². The Balaban J connectivity index is 1.95. The summed E-state index contributed by atoms with van der Waals surface area (Å²) in [5.74, 6) is -1.74. The van der Waals surface area contributed by atoms with E-state index in [2.05, 4.69) is 20.7 Å². The number of aryl methyl sites for hydroxylation is 3. The van der Waals surface area contributed by atoms with Crippen molar-refractivity contribution in [1.82, 2.24) is 30.1 Å². The number of carboxylic acids is 1. The molecule has 2 aromatic heterocycles. The predicted octanol–water partition coefficient (Wildman–Crippen LogP) is 1.48. The third-order valence-electron chi connectivity index (χ3n) is 4.30. The fourth-order valence-electron chi connectivity index (χ4n) is 2.97. The van der Waals surface area contributed by atoms with Crippen LogP contribution in [0.4, 0.5) is 0 Å². The van der Waals surface area contributed by atoms with Gasteiger partial charge in [0, 0.05) is 7.05 Å². The van der Waals surface area contributed by atoms with Crippen molar-refractivity contribution in [2.45, 2.75) is 26.8 Å². The number of aromatic nitrogens is 5. The Morgan fingerprint density at radius 1 is 1.19 bits per heavy atom. The summed E-state index contributed by atoms with van der Waals surface area (Å²) in [4.78, 5) is 24.4. The molecule has 0 aliphatic heterocycles. The van der Waals surface area contributed by atoms with Gasteiger partial charge in [-0.2, -0.15) is 5.10 Å². The van der Waals surface area contributed by atoms with Crippen molar-refractivity contribution in [3.05, 3.63) is 58.7 Å². The quantitative estimate of drug-likeness (QED) is 0.705. The number of benzene rings is 1. The van der Waals surface area contributed by atoms with Crippen molar-refractivity contribution >= 4 is 11.9 Å². The van der Waals surface area contributed by atoms with Gasteiger partial charge in [0.2, 0.25) is 0 Å². The van der Waals surface area contributed by atoms with Crippen LogP contribution < -0.4 is 5.32 Å². The van der Waals surface area contributed by atoms with E-state index in [0.29, 0.717) is 17.0 Å². The van der Waals surface area contributed by atoms with Crippen molar-refractivity contribution in [3.63, 3.8) is 0 Å². The zero-order valence-electron chi connectivity index (χ0n) is 15.5. The van der Waals surface area contributed by atoms with Crippen LogP contribution in [0.1, 0.15) is 39.0 Å². The third-order valence-corrected chi connectivity index (χ3v) is 4.30. The van der Waals surface area contributed by atoms with Gasteiger partial charge in [-0.1, -0.05) is 23.4 Å². The number of nitrogens with one attached hydrogen (secondary N) is 1. The largest absolute Gasteiger partial charge is 0.479 e. The van der Waals surface area contributed by atoms with Crippen LogP contribution in [-0.4, -0.2) is 41.8 Å². The molecule has 9 heteroatoms. The monoisotopic (exact) mass is 368 g/mol. The first-order chi connectivity index (χ1) is 12.8. The smallest absolute Gasteiger partial charge is 0.332 e. The van der Waals surface area contributed by atoms with Gasteiger partial charge in [0.1, 0.15) is 5.69 Å². The first-order valence-corrected chi connectivity index (χ1v) is 8.31. The Labute approximate surface area is 155 Å². The Morgan fingerprint density at radius 2 is 1.89 bits per heavy atom. The van der Waals surface area contributed by atoms with Crippen LogP contribution in [0.15, 0.2) is 30.5 Å². The number of carbonyl (C=O) groups is 2. The highest BCUT2D eigenvalue weighted by molar-refractivity contribution is 5.98. The van der Waals surface area contributed by atoms with Crippen LogP contribution in [0, 0.1) is 20.8 Å². The molecule has 0 saturated heterocycles. The van der Waals surface area contributed by atoms with Gasteiger partial charge >= 0.3 is 5.97 Å². The average molecular weight is 368 g/mol. The van der Waals surface area contributed by atoms with Crippen molar-refractivity contribution in [3.8, 4) is 5.69 Å². The molecule has 0 aliphatic carbocycles. The molecule has 0 spiro atoms. The molecule has 3 rings (SSSR count). The van der Waals surface area contributed by atoms with Gasteiger partial charge in [0.05, 0.1) is 28.8 Å². The molecule has 0 saturated carbocycles. The third kappa shape index (κ3) is 3.43. The normalized spacial score (nSPS) is 12.0. The summed E-state index contributed by atoms with van der Waals surface area (Å²) in [6.45, 7) is 5.45. The van der Waals surface area contributed by atoms with Crippen LogP contribution in [-0.2, 0) is 11.8 Å². The number of rotatable bonds is 5. The Morgan fingerprint density at radius 3 is 2.48 bits per heavy atom. The summed E-state index contributed by atoms with van der Waals surface area (Å²) >= 11 is 0. The van der Waals surface area contributed by atoms with Crippen LogP contribution in [0.5, 0.6) is 0 Å². The van der Waals surface area contributed by atoms with E-state index in [1.807, 2.05) is 31.2 Å². The van der Waals surface area contributed by atoms with E-state index < -0.39 is 17.9 Å². The fourth-order valence-corrected chi connectivity index (χ4v) is 2.97. The van der Waals surface area contributed by atoms with Crippen molar-refractivity contribution in [2.75, 3.05) is 0 Å². The molecule has 140 valence electrons. The van der Waals surface area contributed by atoms with Gasteiger partial charge in [0.15, 0.2) is 6.04 Å². The second-order valence-corrected chi connectivity index (χ2v) is 6.31. The molecule has 1 unspecified atom stereocenters. The van der Waals surface area contributed by atoms with Gasteiger partial charge in [0.25, 0.3) is 5.91 Å². The predicted molar refractivity (Wildman–Crippen MR) is 96.6 cm³/mol. The van der Waals surface area contributed by atoms with E-state index in [9.17, 15) is 14.7 Å². The molecular weight excluding hydrogens is 348 g/mol. The topological polar surface area (TPSA) is 115 Å². The van der Waals surface area contributed by atoms with Gasteiger partial charge in [-0.05, 0) is 32.4 Å². The van der Waals surface area contributed by atoms with Crippen LogP contribution in [0.3, 0.4) is 0 Å². The highest BCUT2D eigenvalue weighted by atomic mass is 16.4. The summed E-state index contributed by atoms with van der Waals surface area (Å²) in [5, 5.41) is 24.0. The molecule has 1 atom stereocenters. The molecule has 0 radical (unpaired) electrons. The summed E-state index contributed by atoms with van der Waals surface area (Å²) in [5.41, 5.74) is 3.51. The number of hydrogen-bond donors (Lipinski definition) is 2. The molecule has 2 N–H and O–H groups in total. The number of hydrogen-bond acceptors (Lipinski definition) is 5. The van der Waals surface area contributed by atoms with Gasteiger partial charge in [-0.25, -0.2) is 9.48 Å². The second kappa shape index (κ2) is 7.02. The average Bonchev–Trinajstić information content (AvgIpc) is 3.16. The Hall–Kier alpha value is -3.49. The summed E-state index contributed by atoms with van der Waals surface area (Å²) in [6, 6.07) is 6.39. The summed E-state index contributed by atoms with van der Waals surface area (Å²) < 4.78 is 3.07. The number of carbonyl (C=O) groups excluding carboxylic acids is 1. The van der Waals surface area contributed by atoms with Crippen molar-refractivity contribution in [1.29, 1.82) is 0 Å². The highest BCUT2D eigenvalue weighted by Crippen LogP contribution is 2.21. The lowest BCUT2D eigenvalue weighted by molar-refractivity contribution is -0.139. The highest BCUT2D eigenvalue weighted by Gasteiger charge is 2.28. The lowest BCUT2D eigenvalue weighted by Gasteiger charge is -2.12. The standard InChI is InChI=1S/C18H20N6O3/c1-10-7-5-6-8-14(10)24-12(3)15(11(2)21-24)17(25)19-16(18(26)27)13-9-23(4)22-20-13/h5-9,16H,1-4H3,(H,19,25)(H,26,27). The Bertz CT molecular complexity index is 1020. The van der Waals surface area contributed by atoms with Gasteiger partial charge < -0.3 is 10.4 Å². The number of carboxylic acid groups (broad SMARTS) is 1. The fraction of sp³-hybridized carbons (Fsp3) is 0.278. The minimum absolute atomic E-state index is 0.153. The number of para-hydroxylation sites is 1. The minimum Gasteiger partial charge on any atom is -0.479 e. The lowest BCUT2D eigenvalue weighted by Crippen LogP contribution is -2.34. The van der Waals surface area contributed by atoms with E-state index in [1.165, 1.54) is 10.9 Å². The molecule has 0 bridgehead atoms. The Kier molecular flexibility index (Phi) is 4.76. The first kappa shape index (κ1) is 18.3. The number of amides is 1. The summed E-state index contributed by atoms with van der Waals surface area (Å²) in [7, 11) is 1.62. The summed E-state index contributed by atoms with van der Waals surface area (Å²) in [6.07, 6.45) is 1.45. The molecular formula is C18H20N6O3. The number of nitrogens with zero attached hydrogens (tertiary/aromatic N) is 5. The van der Waals surface area contributed by atoms with Crippen LogP contribution >= 0.6 is 0 Å². The molecule has 1 aromatic carbocycles. The molecule has 0 aliphatic rings. The van der Waals surface area contributed by atoms with Crippen molar-refractivity contribution < 1.29 is 14.7 Å². The molecule has 3 aromatic rings. The van der Waals surface area contributed by atoms with E-state index >= 15 is 0 Å². The maximum Gasteiger partial charge on any atom is 0.332 e. The van der Waals surface area contributed by atoms with Crippen LogP contribution in [0.2, 0.25) is 0 Å².